The maximum Gasteiger partial charge on any atom is 0.234 e. The number of hydrogen-bond acceptors (Lipinski definition) is 4. The summed E-state index contributed by atoms with van der Waals surface area (Å²) in [6, 6.07) is 8.53. The minimum Gasteiger partial charge on any atom is -0.350 e. The molecule has 0 aliphatic heterocycles. The number of carbonyl (C=O) groups is 1. The van der Waals surface area contributed by atoms with E-state index in [-0.39, 0.29) is 11.4 Å². The summed E-state index contributed by atoms with van der Waals surface area (Å²) in [6.07, 6.45) is 7.91. The minimum atomic E-state index is 0.114. The van der Waals surface area contributed by atoms with Crippen LogP contribution in [0.2, 0.25) is 0 Å². The Balaban J connectivity index is 1.25. The number of amides is 1. The van der Waals surface area contributed by atoms with Crippen molar-refractivity contribution in [1.29, 1.82) is 0 Å². The highest BCUT2D eigenvalue weighted by atomic mass is 32.1. The quantitative estimate of drug-likeness (QED) is 0.717. The van der Waals surface area contributed by atoms with Gasteiger partial charge in [0.25, 0.3) is 0 Å². The van der Waals surface area contributed by atoms with Gasteiger partial charge in [0.2, 0.25) is 5.91 Å². The Hall–Kier alpha value is -1.17. The Kier molecular flexibility index (Phi) is 4.87. The topological polar surface area (TPSA) is 32.3 Å². The normalized spacial score (nSPS) is 31.5. The van der Waals surface area contributed by atoms with Gasteiger partial charge in [0, 0.05) is 28.4 Å². The van der Waals surface area contributed by atoms with Crippen LogP contribution in [0.5, 0.6) is 0 Å². The zero-order valence-corrected chi connectivity index (χ0v) is 17.4. The lowest BCUT2D eigenvalue weighted by Crippen LogP contribution is -2.60. The van der Waals surface area contributed by atoms with Gasteiger partial charge in [-0.1, -0.05) is 12.1 Å². The van der Waals surface area contributed by atoms with Crippen molar-refractivity contribution < 1.29 is 4.79 Å². The van der Waals surface area contributed by atoms with Gasteiger partial charge in [0.15, 0.2) is 0 Å². The van der Waals surface area contributed by atoms with Crippen LogP contribution < -0.4 is 5.32 Å². The monoisotopic (exact) mass is 400 g/mol. The third-order valence-electron chi connectivity index (χ3n) is 6.73. The van der Waals surface area contributed by atoms with E-state index in [9.17, 15) is 4.79 Å². The number of thiophene rings is 2. The first-order chi connectivity index (χ1) is 13.2. The second-order valence-corrected chi connectivity index (χ2v) is 11.1. The highest BCUT2D eigenvalue weighted by Crippen LogP contribution is 2.55. The van der Waals surface area contributed by atoms with Crippen molar-refractivity contribution >= 4 is 28.6 Å². The number of nitrogens with one attached hydrogen (secondary N) is 1. The van der Waals surface area contributed by atoms with Gasteiger partial charge in [-0.25, -0.2) is 0 Å². The van der Waals surface area contributed by atoms with Crippen molar-refractivity contribution in [3.8, 4) is 0 Å². The van der Waals surface area contributed by atoms with Crippen molar-refractivity contribution in [2.24, 2.45) is 17.8 Å². The molecule has 0 radical (unpaired) electrons. The Morgan fingerprint density at radius 3 is 1.93 bits per heavy atom. The van der Waals surface area contributed by atoms with Crippen LogP contribution in [0.3, 0.4) is 0 Å². The number of rotatable bonds is 7. The third kappa shape index (κ3) is 4.01. The van der Waals surface area contributed by atoms with Gasteiger partial charge in [-0.05, 0) is 79.2 Å². The molecule has 4 fully saturated rings. The van der Waals surface area contributed by atoms with Gasteiger partial charge < -0.3 is 5.32 Å². The van der Waals surface area contributed by atoms with E-state index in [1.165, 1.54) is 48.3 Å². The lowest BCUT2D eigenvalue weighted by molar-refractivity contribution is -0.128. The van der Waals surface area contributed by atoms with E-state index < -0.39 is 0 Å². The van der Waals surface area contributed by atoms with Gasteiger partial charge in [0.05, 0.1) is 6.54 Å². The zero-order valence-electron chi connectivity index (χ0n) is 15.7. The molecule has 0 unspecified atom stereocenters. The Labute approximate surface area is 169 Å². The molecule has 4 saturated carbocycles. The molecular weight excluding hydrogens is 372 g/mol. The standard InChI is InChI=1S/C22H28N2OS2/c25-21(23-22-10-16-7-17(11-22)9-18(8-16)12-22)15-24(13-19-3-1-5-26-19)14-20-4-2-6-27-20/h1-6,16-18H,7-15H2,(H,23,25). The average Bonchev–Trinajstić information content (AvgIpc) is 3.26. The molecule has 2 aromatic rings. The summed E-state index contributed by atoms with van der Waals surface area (Å²) in [4.78, 5) is 18.0. The largest absolute Gasteiger partial charge is 0.350 e. The van der Waals surface area contributed by atoms with E-state index in [1.54, 1.807) is 22.7 Å². The van der Waals surface area contributed by atoms with Gasteiger partial charge in [-0.15, -0.1) is 22.7 Å². The molecule has 4 bridgehead atoms. The predicted octanol–water partition coefficient (Wildman–Crippen LogP) is 4.90. The van der Waals surface area contributed by atoms with E-state index in [0.717, 1.165) is 30.8 Å². The van der Waals surface area contributed by atoms with Crippen LogP contribution in [0.1, 0.15) is 48.3 Å². The first-order valence-electron chi connectivity index (χ1n) is 10.2. The lowest BCUT2D eigenvalue weighted by atomic mass is 9.53. The van der Waals surface area contributed by atoms with Crippen molar-refractivity contribution in [2.45, 2.75) is 57.2 Å². The molecule has 3 nitrogen and oxygen atoms in total. The number of hydrogen-bond donors (Lipinski definition) is 1. The average molecular weight is 401 g/mol. The highest BCUT2D eigenvalue weighted by Gasteiger charge is 2.51. The van der Waals surface area contributed by atoms with Crippen molar-refractivity contribution in [3.63, 3.8) is 0 Å². The molecule has 1 N–H and O–H groups in total. The van der Waals surface area contributed by atoms with Crippen LogP contribution in [-0.4, -0.2) is 22.9 Å². The van der Waals surface area contributed by atoms with Gasteiger partial charge in [-0.3, -0.25) is 9.69 Å². The van der Waals surface area contributed by atoms with E-state index in [1.807, 2.05) is 0 Å². The maximum absolute atomic E-state index is 13.0. The first-order valence-corrected chi connectivity index (χ1v) is 12.0. The molecule has 4 aliphatic carbocycles. The Bertz CT molecular complexity index is 697. The molecule has 0 atom stereocenters. The molecule has 144 valence electrons. The summed E-state index contributed by atoms with van der Waals surface area (Å²) in [5.41, 5.74) is 0.114. The molecule has 0 aromatic carbocycles. The van der Waals surface area contributed by atoms with Crippen LogP contribution in [0.25, 0.3) is 0 Å². The van der Waals surface area contributed by atoms with Crippen LogP contribution in [0.4, 0.5) is 0 Å². The maximum atomic E-state index is 13.0. The van der Waals surface area contributed by atoms with Crippen LogP contribution in [0, 0.1) is 17.8 Å². The SMILES string of the molecule is O=C(CN(Cc1cccs1)Cc1cccs1)NC12CC3CC(CC(C3)C1)C2. The number of nitrogens with zero attached hydrogens (tertiary/aromatic N) is 1. The van der Waals surface area contributed by atoms with Crippen molar-refractivity contribution in [3.05, 3.63) is 44.8 Å². The molecule has 0 spiro atoms. The zero-order chi connectivity index (χ0) is 18.3. The molecular formula is C22H28N2OS2. The van der Waals surface area contributed by atoms with Crippen LogP contribution >= 0.6 is 22.7 Å². The molecule has 27 heavy (non-hydrogen) atoms. The summed E-state index contributed by atoms with van der Waals surface area (Å²) in [7, 11) is 0. The van der Waals surface area contributed by atoms with Gasteiger partial charge in [-0.2, -0.15) is 0 Å². The molecule has 4 aliphatic rings. The van der Waals surface area contributed by atoms with Crippen molar-refractivity contribution in [2.75, 3.05) is 6.54 Å². The molecule has 1 amide bonds. The summed E-state index contributed by atoms with van der Waals surface area (Å²) >= 11 is 3.55. The second-order valence-electron chi connectivity index (χ2n) is 9.05. The molecule has 5 heteroatoms. The highest BCUT2D eigenvalue weighted by molar-refractivity contribution is 7.10. The summed E-state index contributed by atoms with van der Waals surface area (Å²) in [5, 5.41) is 7.78. The molecule has 6 rings (SSSR count). The first kappa shape index (κ1) is 17.9. The molecule has 2 aromatic heterocycles. The summed E-state index contributed by atoms with van der Waals surface area (Å²) < 4.78 is 0. The second kappa shape index (κ2) is 7.34. The Morgan fingerprint density at radius 1 is 0.963 bits per heavy atom. The Morgan fingerprint density at radius 2 is 1.48 bits per heavy atom. The van der Waals surface area contributed by atoms with Crippen molar-refractivity contribution in [1.82, 2.24) is 10.2 Å². The fourth-order valence-electron chi connectivity index (χ4n) is 6.22. The van der Waals surface area contributed by atoms with E-state index >= 15 is 0 Å². The van der Waals surface area contributed by atoms with Gasteiger partial charge >= 0.3 is 0 Å². The smallest absolute Gasteiger partial charge is 0.234 e. The molecule has 0 saturated heterocycles. The lowest BCUT2D eigenvalue weighted by Gasteiger charge is -2.57. The summed E-state index contributed by atoms with van der Waals surface area (Å²) in [5.74, 6) is 2.82. The minimum absolute atomic E-state index is 0.114. The van der Waals surface area contributed by atoms with Gasteiger partial charge in [0.1, 0.15) is 0 Å². The summed E-state index contributed by atoms with van der Waals surface area (Å²) in [6.45, 7) is 2.20. The predicted molar refractivity (Wildman–Crippen MR) is 112 cm³/mol. The van der Waals surface area contributed by atoms with E-state index in [2.05, 4.69) is 45.2 Å². The fourth-order valence-corrected chi connectivity index (χ4v) is 7.71. The fraction of sp³-hybridized carbons (Fsp3) is 0.591. The van der Waals surface area contributed by atoms with E-state index in [0.29, 0.717) is 6.54 Å². The van der Waals surface area contributed by atoms with Crippen LogP contribution in [-0.2, 0) is 17.9 Å². The third-order valence-corrected chi connectivity index (χ3v) is 8.45. The number of carbonyl (C=O) groups excluding carboxylic acids is 1. The molecule has 2 heterocycles. The van der Waals surface area contributed by atoms with Crippen LogP contribution in [0.15, 0.2) is 35.0 Å². The van der Waals surface area contributed by atoms with E-state index in [4.69, 9.17) is 0 Å².